The number of ketones is 1. The minimum Gasteiger partial charge on any atom is -0.507 e. The first-order chi connectivity index (χ1) is 17.1. The molecule has 194 valence electrons. The second kappa shape index (κ2) is 12.1. The number of likely N-dealkylation sites (tertiary alicyclic amines) is 1. The smallest absolute Gasteiger partial charge is 0.295 e. The third kappa shape index (κ3) is 6.26. The standard InChI is InChI=1S/C29H37NO6/c1-7-34-23-11-8-21(9-12-23)26-25(28(32)29(33)30(26)14-15-35-19(4)5)27(31)22-10-13-24(20(6)16-22)36-17-18(2)3/h8-13,16,18-19,26,31H,7,14-15,17H2,1-6H3/b27-25-. The van der Waals surface area contributed by atoms with Crippen LogP contribution in [0.3, 0.4) is 0 Å². The van der Waals surface area contributed by atoms with Gasteiger partial charge in [-0.25, -0.2) is 0 Å². The summed E-state index contributed by atoms with van der Waals surface area (Å²) < 4.78 is 17.0. The number of benzene rings is 2. The molecule has 1 aliphatic heterocycles. The summed E-state index contributed by atoms with van der Waals surface area (Å²) in [7, 11) is 0. The van der Waals surface area contributed by atoms with Crippen LogP contribution in [0.1, 0.15) is 57.4 Å². The molecule has 36 heavy (non-hydrogen) atoms. The predicted octanol–water partition coefficient (Wildman–Crippen LogP) is 5.28. The van der Waals surface area contributed by atoms with Crippen molar-refractivity contribution in [3.63, 3.8) is 0 Å². The summed E-state index contributed by atoms with van der Waals surface area (Å²) in [6.07, 6.45) is -0.00912. The van der Waals surface area contributed by atoms with Gasteiger partial charge in [0.15, 0.2) is 0 Å². The van der Waals surface area contributed by atoms with E-state index in [0.717, 1.165) is 11.3 Å². The Balaban J connectivity index is 2.03. The van der Waals surface area contributed by atoms with Crippen LogP contribution in [0.4, 0.5) is 0 Å². The molecule has 0 saturated carbocycles. The monoisotopic (exact) mass is 495 g/mol. The SMILES string of the molecule is CCOc1ccc(C2/C(=C(/O)c3ccc(OCC(C)C)c(C)c3)C(=O)C(=O)N2CCOC(C)C)cc1. The van der Waals surface area contributed by atoms with Crippen LogP contribution >= 0.6 is 0 Å². The summed E-state index contributed by atoms with van der Waals surface area (Å²) in [5.41, 5.74) is 2.05. The summed E-state index contributed by atoms with van der Waals surface area (Å²) in [6, 6.07) is 11.8. The second-order valence-corrected chi connectivity index (χ2v) is 9.60. The summed E-state index contributed by atoms with van der Waals surface area (Å²) in [4.78, 5) is 27.8. The maximum atomic E-state index is 13.2. The first kappa shape index (κ1) is 27.3. The van der Waals surface area contributed by atoms with Crippen LogP contribution in [0.2, 0.25) is 0 Å². The fourth-order valence-corrected chi connectivity index (χ4v) is 4.13. The lowest BCUT2D eigenvalue weighted by molar-refractivity contribution is -0.140. The van der Waals surface area contributed by atoms with Crippen LogP contribution in [0, 0.1) is 12.8 Å². The molecule has 2 aromatic carbocycles. The molecule has 3 rings (SSSR count). The number of carbonyl (C=O) groups excluding carboxylic acids is 2. The minimum atomic E-state index is -0.742. The van der Waals surface area contributed by atoms with E-state index in [9.17, 15) is 14.7 Å². The Bertz CT molecular complexity index is 1100. The van der Waals surface area contributed by atoms with Crippen molar-refractivity contribution in [3.05, 3.63) is 64.7 Å². The van der Waals surface area contributed by atoms with Crippen LogP contribution in [-0.2, 0) is 14.3 Å². The van der Waals surface area contributed by atoms with Gasteiger partial charge in [0.1, 0.15) is 17.3 Å². The van der Waals surface area contributed by atoms with E-state index in [1.807, 2.05) is 39.8 Å². The third-order valence-electron chi connectivity index (χ3n) is 5.85. The molecular weight excluding hydrogens is 458 g/mol. The molecule has 0 spiro atoms. The molecule has 0 radical (unpaired) electrons. The van der Waals surface area contributed by atoms with E-state index in [1.165, 1.54) is 4.90 Å². The van der Waals surface area contributed by atoms with Gasteiger partial charge in [-0.15, -0.1) is 0 Å². The van der Waals surface area contributed by atoms with Gasteiger partial charge in [-0.05, 0) is 75.1 Å². The first-order valence-electron chi connectivity index (χ1n) is 12.5. The lowest BCUT2D eigenvalue weighted by atomic mass is 9.94. The summed E-state index contributed by atoms with van der Waals surface area (Å²) in [6.45, 7) is 13.4. The number of nitrogens with zero attached hydrogens (tertiary/aromatic N) is 1. The summed E-state index contributed by atoms with van der Waals surface area (Å²) in [5.74, 6) is 0.203. The fourth-order valence-electron chi connectivity index (χ4n) is 4.13. The zero-order chi connectivity index (χ0) is 26.4. The maximum absolute atomic E-state index is 13.2. The average Bonchev–Trinajstić information content (AvgIpc) is 3.08. The highest BCUT2D eigenvalue weighted by Gasteiger charge is 2.46. The van der Waals surface area contributed by atoms with Crippen LogP contribution < -0.4 is 9.47 Å². The number of ether oxygens (including phenoxy) is 3. The van der Waals surface area contributed by atoms with Crippen LogP contribution in [0.15, 0.2) is 48.0 Å². The van der Waals surface area contributed by atoms with Crippen molar-refractivity contribution in [2.75, 3.05) is 26.4 Å². The average molecular weight is 496 g/mol. The Morgan fingerprint density at radius 3 is 2.31 bits per heavy atom. The van der Waals surface area contributed by atoms with Crippen molar-refractivity contribution < 1.29 is 28.9 Å². The van der Waals surface area contributed by atoms with Gasteiger partial charge < -0.3 is 24.2 Å². The zero-order valence-electron chi connectivity index (χ0n) is 22.0. The number of aliphatic hydroxyl groups excluding tert-OH is 1. The number of hydrogen-bond acceptors (Lipinski definition) is 6. The number of rotatable bonds is 11. The predicted molar refractivity (Wildman–Crippen MR) is 139 cm³/mol. The van der Waals surface area contributed by atoms with Crippen molar-refractivity contribution in [1.82, 2.24) is 4.90 Å². The van der Waals surface area contributed by atoms with E-state index in [4.69, 9.17) is 14.2 Å². The third-order valence-corrected chi connectivity index (χ3v) is 5.85. The van der Waals surface area contributed by atoms with Crippen LogP contribution in [0.5, 0.6) is 11.5 Å². The molecule has 1 heterocycles. The normalized spacial score (nSPS) is 17.3. The maximum Gasteiger partial charge on any atom is 0.295 e. The quantitative estimate of drug-likeness (QED) is 0.260. The number of amides is 1. The Morgan fingerprint density at radius 1 is 1.03 bits per heavy atom. The topological polar surface area (TPSA) is 85.3 Å². The molecule has 7 nitrogen and oxygen atoms in total. The van der Waals surface area contributed by atoms with E-state index in [1.54, 1.807) is 30.3 Å². The highest BCUT2D eigenvalue weighted by atomic mass is 16.5. The molecular formula is C29H37NO6. The molecule has 0 aromatic heterocycles. The summed E-state index contributed by atoms with van der Waals surface area (Å²) in [5, 5.41) is 11.3. The van der Waals surface area contributed by atoms with Crippen molar-refractivity contribution in [2.24, 2.45) is 5.92 Å². The van der Waals surface area contributed by atoms with Gasteiger partial charge in [0.2, 0.25) is 0 Å². The molecule has 1 atom stereocenters. The minimum absolute atomic E-state index is 0.00912. The van der Waals surface area contributed by atoms with Crippen LogP contribution in [0.25, 0.3) is 5.76 Å². The molecule has 1 N–H and O–H groups in total. The Morgan fingerprint density at radius 2 is 1.72 bits per heavy atom. The van der Waals surface area contributed by atoms with Crippen molar-refractivity contribution >= 4 is 17.4 Å². The number of aryl methyl sites for hydroxylation is 1. The Kier molecular flexibility index (Phi) is 9.15. The Labute approximate surface area is 213 Å². The molecule has 0 aliphatic carbocycles. The molecule has 1 amide bonds. The van der Waals surface area contributed by atoms with Gasteiger partial charge in [0, 0.05) is 12.1 Å². The van der Waals surface area contributed by atoms with Gasteiger partial charge in [-0.1, -0.05) is 26.0 Å². The largest absolute Gasteiger partial charge is 0.507 e. The lowest BCUT2D eigenvalue weighted by Gasteiger charge is -2.26. The van der Waals surface area contributed by atoms with E-state index in [2.05, 4.69) is 13.8 Å². The second-order valence-electron chi connectivity index (χ2n) is 9.60. The Hall–Kier alpha value is -3.32. The zero-order valence-corrected chi connectivity index (χ0v) is 22.0. The fraction of sp³-hybridized carbons (Fsp3) is 0.448. The molecule has 2 aromatic rings. The molecule has 1 unspecified atom stereocenters. The number of hydrogen-bond donors (Lipinski definition) is 1. The van der Waals surface area contributed by atoms with Gasteiger partial charge in [0.25, 0.3) is 11.7 Å². The molecule has 1 aliphatic rings. The van der Waals surface area contributed by atoms with Crippen molar-refractivity contribution in [1.29, 1.82) is 0 Å². The van der Waals surface area contributed by atoms with Gasteiger partial charge in [0.05, 0.1) is 37.5 Å². The van der Waals surface area contributed by atoms with E-state index >= 15 is 0 Å². The molecule has 0 bridgehead atoms. The van der Waals surface area contributed by atoms with E-state index in [-0.39, 0.29) is 30.6 Å². The number of aliphatic hydroxyl groups is 1. The highest BCUT2D eigenvalue weighted by Crippen LogP contribution is 2.40. The lowest BCUT2D eigenvalue weighted by Crippen LogP contribution is -2.33. The molecule has 7 heteroatoms. The van der Waals surface area contributed by atoms with Gasteiger partial charge in [-0.2, -0.15) is 0 Å². The van der Waals surface area contributed by atoms with Gasteiger partial charge in [-0.3, -0.25) is 9.59 Å². The number of carbonyl (C=O) groups is 2. The summed E-state index contributed by atoms with van der Waals surface area (Å²) >= 11 is 0. The van der Waals surface area contributed by atoms with Gasteiger partial charge >= 0.3 is 0 Å². The van der Waals surface area contributed by atoms with E-state index < -0.39 is 17.7 Å². The van der Waals surface area contributed by atoms with Crippen LogP contribution in [-0.4, -0.2) is 54.2 Å². The number of Topliss-reactive ketones (excluding diaryl/α,β-unsaturated/α-hetero) is 1. The molecule has 1 saturated heterocycles. The molecule has 1 fully saturated rings. The van der Waals surface area contributed by atoms with Crippen molar-refractivity contribution in [3.8, 4) is 11.5 Å². The highest BCUT2D eigenvalue weighted by molar-refractivity contribution is 6.46. The van der Waals surface area contributed by atoms with E-state index in [0.29, 0.717) is 36.0 Å². The van der Waals surface area contributed by atoms with Crippen molar-refractivity contribution in [2.45, 2.75) is 53.7 Å². The first-order valence-corrected chi connectivity index (χ1v) is 12.5.